The minimum absolute atomic E-state index is 0.0193. The third-order valence-corrected chi connectivity index (χ3v) is 5.98. The van der Waals surface area contributed by atoms with Crippen LogP contribution in [0.5, 0.6) is 5.75 Å². The molecule has 0 radical (unpaired) electrons. The zero-order chi connectivity index (χ0) is 18.2. The maximum Gasteiger partial charge on any atom is 0.280 e. The Hall–Kier alpha value is -2.45. The normalized spacial score (nSPS) is 12.5. The molecule has 0 aliphatic carbocycles. The van der Waals surface area contributed by atoms with Crippen molar-refractivity contribution in [2.45, 2.75) is 4.90 Å². The molecule has 1 heterocycles. The van der Waals surface area contributed by atoms with Crippen LogP contribution in [0.4, 0.5) is 0 Å². The van der Waals surface area contributed by atoms with E-state index in [2.05, 4.69) is 4.99 Å². The molecule has 0 fully saturated rings. The Labute approximate surface area is 148 Å². The molecule has 0 spiro atoms. The van der Waals surface area contributed by atoms with Crippen molar-refractivity contribution in [2.24, 2.45) is 12.0 Å². The first kappa shape index (κ1) is 17.4. The summed E-state index contributed by atoms with van der Waals surface area (Å²) in [6, 6.07) is 11.7. The molecule has 1 aromatic heterocycles. The van der Waals surface area contributed by atoms with Crippen LogP contribution >= 0.6 is 11.3 Å². The number of amides is 1. The number of methoxy groups -OCH3 is 1. The smallest absolute Gasteiger partial charge is 0.280 e. The van der Waals surface area contributed by atoms with Crippen LogP contribution in [0.3, 0.4) is 0 Å². The molecular weight excluding hydrogens is 360 g/mol. The Morgan fingerprint density at radius 3 is 2.60 bits per heavy atom. The van der Waals surface area contributed by atoms with Gasteiger partial charge < -0.3 is 9.30 Å². The van der Waals surface area contributed by atoms with Gasteiger partial charge in [-0.3, -0.25) is 4.79 Å². The first-order valence-electron chi connectivity index (χ1n) is 7.33. The number of rotatable bonds is 3. The number of thiazole rings is 1. The van der Waals surface area contributed by atoms with Crippen molar-refractivity contribution in [1.29, 1.82) is 0 Å². The van der Waals surface area contributed by atoms with Crippen LogP contribution in [0.1, 0.15) is 10.4 Å². The highest BCUT2D eigenvalue weighted by molar-refractivity contribution is 7.90. The van der Waals surface area contributed by atoms with Gasteiger partial charge in [-0.25, -0.2) is 8.42 Å². The van der Waals surface area contributed by atoms with E-state index >= 15 is 0 Å². The molecule has 0 aliphatic heterocycles. The Morgan fingerprint density at radius 1 is 1.20 bits per heavy atom. The average molecular weight is 376 g/mol. The van der Waals surface area contributed by atoms with Crippen molar-refractivity contribution in [3.8, 4) is 5.75 Å². The molecule has 25 heavy (non-hydrogen) atoms. The van der Waals surface area contributed by atoms with Gasteiger partial charge in [0.1, 0.15) is 5.75 Å². The van der Waals surface area contributed by atoms with E-state index in [1.807, 2.05) is 18.2 Å². The lowest BCUT2D eigenvalue weighted by Gasteiger charge is -2.03. The number of nitrogens with zero attached hydrogens (tertiary/aromatic N) is 2. The van der Waals surface area contributed by atoms with Crippen LogP contribution in [0, 0.1) is 0 Å². The van der Waals surface area contributed by atoms with Crippen molar-refractivity contribution in [3.05, 3.63) is 52.8 Å². The number of sulfone groups is 1. The molecule has 3 aromatic rings. The molecule has 0 saturated heterocycles. The highest BCUT2D eigenvalue weighted by atomic mass is 32.2. The van der Waals surface area contributed by atoms with Gasteiger partial charge in [0, 0.05) is 13.3 Å². The summed E-state index contributed by atoms with van der Waals surface area (Å²) < 4.78 is 31.7. The van der Waals surface area contributed by atoms with E-state index in [0.717, 1.165) is 22.2 Å². The van der Waals surface area contributed by atoms with Gasteiger partial charge >= 0.3 is 0 Å². The molecule has 130 valence electrons. The zero-order valence-corrected chi connectivity index (χ0v) is 15.5. The van der Waals surface area contributed by atoms with Crippen LogP contribution in [0.15, 0.2) is 52.4 Å². The summed E-state index contributed by atoms with van der Waals surface area (Å²) in [7, 11) is -0.121. The molecule has 0 unspecified atom stereocenters. The largest absolute Gasteiger partial charge is 0.497 e. The Kier molecular flexibility index (Phi) is 4.49. The minimum Gasteiger partial charge on any atom is -0.497 e. The topological polar surface area (TPSA) is 77.7 Å². The number of benzene rings is 2. The summed E-state index contributed by atoms with van der Waals surface area (Å²) in [4.78, 5) is 17.2. The number of hydrogen-bond donors (Lipinski definition) is 0. The molecule has 0 aliphatic rings. The van der Waals surface area contributed by atoms with Crippen molar-refractivity contribution < 1.29 is 17.9 Å². The summed E-state index contributed by atoms with van der Waals surface area (Å²) >= 11 is 1.34. The lowest BCUT2D eigenvalue weighted by molar-refractivity contribution is 0.0995. The second-order valence-electron chi connectivity index (χ2n) is 5.46. The van der Waals surface area contributed by atoms with E-state index in [9.17, 15) is 13.2 Å². The Morgan fingerprint density at radius 2 is 1.92 bits per heavy atom. The van der Waals surface area contributed by atoms with Gasteiger partial charge in [0.25, 0.3) is 5.91 Å². The maximum atomic E-state index is 12.6. The van der Waals surface area contributed by atoms with Crippen molar-refractivity contribution >= 4 is 37.3 Å². The highest BCUT2D eigenvalue weighted by Gasteiger charge is 2.18. The molecular formula is C17H16N2O4S2. The van der Waals surface area contributed by atoms with Gasteiger partial charge in [-0.2, -0.15) is 4.99 Å². The molecule has 0 bridgehead atoms. The minimum atomic E-state index is -3.52. The molecule has 2 aromatic carbocycles. The van der Waals surface area contributed by atoms with Crippen LogP contribution in [0.25, 0.3) is 10.2 Å². The van der Waals surface area contributed by atoms with Gasteiger partial charge in [-0.15, -0.1) is 0 Å². The fourth-order valence-electron chi connectivity index (χ4n) is 2.46. The summed E-state index contributed by atoms with van der Waals surface area (Å²) in [5, 5.41) is 0. The van der Waals surface area contributed by atoms with Crippen LogP contribution in [-0.4, -0.2) is 32.3 Å². The van der Waals surface area contributed by atoms with E-state index in [0.29, 0.717) is 4.80 Å². The monoisotopic (exact) mass is 376 g/mol. The van der Waals surface area contributed by atoms with E-state index in [1.54, 1.807) is 30.9 Å². The van der Waals surface area contributed by atoms with Gasteiger partial charge in [0.2, 0.25) is 0 Å². The zero-order valence-electron chi connectivity index (χ0n) is 13.9. The first-order valence-corrected chi connectivity index (χ1v) is 10.0. The second kappa shape index (κ2) is 6.45. The Balaban J connectivity index is 2.15. The van der Waals surface area contributed by atoms with Gasteiger partial charge in [-0.1, -0.05) is 23.5 Å². The van der Waals surface area contributed by atoms with E-state index in [4.69, 9.17) is 4.74 Å². The number of carbonyl (C=O) groups excluding carboxylic acids is 1. The van der Waals surface area contributed by atoms with E-state index < -0.39 is 15.7 Å². The molecule has 1 amide bonds. The average Bonchev–Trinajstić information content (AvgIpc) is 2.89. The quantitative estimate of drug-likeness (QED) is 0.703. The van der Waals surface area contributed by atoms with Crippen molar-refractivity contribution in [2.75, 3.05) is 13.4 Å². The summed E-state index contributed by atoms with van der Waals surface area (Å²) in [5.74, 6) is 0.129. The maximum absolute atomic E-state index is 12.6. The molecule has 8 heteroatoms. The highest BCUT2D eigenvalue weighted by Crippen LogP contribution is 2.23. The predicted molar refractivity (Wildman–Crippen MR) is 96.8 cm³/mol. The van der Waals surface area contributed by atoms with Crippen LogP contribution in [-0.2, 0) is 16.9 Å². The van der Waals surface area contributed by atoms with Gasteiger partial charge in [0.15, 0.2) is 14.6 Å². The third-order valence-electron chi connectivity index (χ3n) is 3.73. The van der Waals surface area contributed by atoms with Gasteiger partial charge in [-0.05, 0) is 30.3 Å². The molecule has 0 atom stereocenters. The molecule has 0 N–H and O–H groups in total. The van der Waals surface area contributed by atoms with E-state index in [1.165, 1.54) is 23.5 Å². The van der Waals surface area contributed by atoms with Gasteiger partial charge in [0.05, 0.1) is 27.8 Å². The molecule has 6 nitrogen and oxygen atoms in total. The predicted octanol–water partition coefficient (Wildman–Crippen LogP) is 2.39. The number of aromatic nitrogens is 1. The number of ether oxygens (including phenoxy) is 1. The Bertz CT molecular complexity index is 1140. The SMILES string of the molecule is COc1ccc2c(c1)sc(=NC(=O)c1ccccc1S(C)(=O)=O)n2C. The summed E-state index contributed by atoms with van der Waals surface area (Å²) in [6.07, 6.45) is 1.07. The number of carbonyl (C=O) groups is 1. The number of hydrogen-bond acceptors (Lipinski definition) is 5. The number of fused-ring (bicyclic) bond motifs is 1. The second-order valence-corrected chi connectivity index (χ2v) is 8.46. The fraction of sp³-hybridized carbons (Fsp3) is 0.176. The standard InChI is InChI=1S/C17H16N2O4S2/c1-19-13-9-8-11(23-2)10-14(13)24-17(19)18-16(20)12-6-4-5-7-15(12)25(3,21)22/h4-10H,1-3H3. The fourth-order valence-corrected chi connectivity index (χ4v) is 4.39. The lowest BCUT2D eigenvalue weighted by atomic mass is 10.2. The van der Waals surface area contributed by atoms with Crippen LogP contribution < -0.4 is 9.54 Å². The van der Waals surface area contributed by atoms with Crippen molar-refractivity contribution in [1.82, 2.24) is 4.57 Å². The van der Waals surface area contributed by atoms with Crippen molar-refractivity contribution in [3.63, 3.8) is 0 Å². The van der Waals surface area contributed by atoms with Crippen LogP contribution in [0.2, 0.25) is 0 Å². The first-order chi connectivity index (χ1) is 11.8. The summed E-state index contributed by atoms with van der Waals surface area (Å²) in [5.41, 5.74) is 0.980. The third kappa shape index (κ3) is 3.35. The molecule has 3 rings (SSSR count). The number of aryl methyl sites for hydroxylation is 1. The summed E-state index contributed by atoms with van der Waals surface area (Å²) in [6.45, 7) is 0. The lowest BCUT2D eigenvalue weighted by Crippen LogP contribution is -2.15. The van der Waals surface area contributed by atoms with E-state index in [-0.39, 0.29) is 10.5 Å². The molecule has 0 saturated carbocycles.